The first kappa shape index (κ1) is 15.6. The van der Waals surface area contributed by atoms with Gasteiger partial charge in [0.25, 0.3) is 0 Å². The van der Waals surface area contributed by atoms with E-state index in [0.29, 0.717) is 16.4 Å². The predicted octanol–water partition coefficient (Wildman–Crippen LogP) is 3.76. The molecule has 0 radical (unpaired) electrons. The third kappa shape index (κ3) is 3.85. The van der Waals surface area contributed by atoms with Crippen LogP contribution in [0, 0.1) is 0 Å². The van der Waals surface area contributed by atoms with Crippen LogP contribution in [0.5, 0.6) is 5.75 Å². The molecular formula is C16H17ClO4. The maximum atomic E-state index is 11.6. The topological polar surface area (TPSA) is 56.5 Å². The second-order valence-corrected chi connectivity index (χ2v) is 5.37. The molecule has 21 heavy (non-hydrogen) atoms. The smallest absolute Gasteiger partial charge is 0.336 e. The largest absolute Gasteiger partial charge is 0.484 e. The van der Waals surface area contributed by atoms with Crippen molar-refractivity contribution in [1.29, 1.82) is 0 Å². The highest BCUT2D eigenvalue weighted by Gasteiger charge is 2.11. The highest BCUT2D eigenvalue weighted by atomic mass is 35.5. The van der Waals surface area contributed by atoms with Gasteiger partial charge >= 0.3 is 5.63 Å². The minimum atomic E-state index is -0.395. The monoisotopic (exact) mass is 308 g/mol. The normalized spacial score (nSPS) is 10.8. The molecule has 2 rings (SSSR count). The number of Topliss-reactive ketones (excluding diaryl/α,β-unsaturated/α-hetero) is 1. The van der Waals surface area contributed by atoms with Crippen molar-refractivity contribution in [3.8, 4) is 5.75 Å². The van der Waals surface area contributed by atoms with Crippen LogP contribution in [0.4, 0.5) is 0 Å². The van der Waals surface area contributed by atoms with Gasteiger partial charge in [-0.05, 0) is 31.4 Å². The fourth-order valence-electron chi connectivity index (χ4n) is 2.09. The van der Waals surface area contributed by atoms with Gasteiger partial charge in [0.15, 0.2) is 5.78 Å². The zero-order chi connectivity index (χ0) is 15.4. The fraction of sp³-hybridized carbons (Fsp3) is 0.375. The van der Waals surface area contributed by atoms with Crippen molar-refractivity contribution >= 4 is 28.4 Å². The molecule has 0 saturated carbocycles. The number of ether oxygens (including phenoxy) is 1. The first-order valence-electron chi connectivity index (χ1n) is 6.89. The summed E-state index contributed by atoms with van der Waals surface area (Å²) in [5.41, 5.74) is 0.952. The van der Waals surface area contributed by atoms with Crippen molar-refractivity contribution in [1.82, 2.24) is 0 Å². The first-order chi connectivity index (χ1) is 10.0. The lowest BCUT2D eigenvalue weighted by Crippen LogP contribution is -2.07. The van der Waals surface area contributed by atoms with Gasteiger partial charge in [0, 0.05) is 17.5 Å². The summed E-state index contributed by atoms with van der Waals surface area (Å²) in [6.45, 7) is 3.46. The van der Waals surface area contributed by atoms with Gasteiger partial charge in [0.05, 0.1) is 5.02 Å². The van der Waals surface area contributed by atoms with E-state index in [1.54, 1.807) is 12.1 Å². The quantitative estimate of drug-likeness (QED) is 0.762. The molecule has 0 unspecified atom stereocenters. The molecule has 5 heteroatoms. The van der Waals surface area contributed by atoms with Crippen LogP contribution in [0.3, 0.4) is 0 Å². The fourth-order valence-corrected chi connectivity index (χ4v) is 2.31. The molecule has 1 heterocycles. The van der Waals surface area contributed by atoms with Crippen molar-refractivity contribution in [2.45, 2.75) is 33.1 Å². The van der Waals surface area contributed by atoms with Crippen LogP contribution in [-0.2, 0) is 11.2 Å². The maximum Gasteiger partial charge on any atom is 0.336 e. The van der Waals surface area contributed by atoms with Crippen LogP contribution >= 0.6 is 11.6 Å². The molecule has 0 bridgehead atoms. The van der Waals surface area contributed by atoms with Gasteiger partial charge in [-0.3, -0.25) is 4.79 Å². The van der Waals surface area contributed by atoms with Crippen molar-refractivity contribution in [2.24, 2.45) is 0 Å². The van der Waals surface area contributed by atoms with Crippen molar-refractivity contribution < 1.29 is 13.9 Å². The molecular weight excluding hydrogens is 292 g/mol. The number of unbranched alkanes of at least 4 members (excludes halogenated alkanes) is 1. The van der Waals surface area contributed by atoms with Gasteiger partial charge in [-0.2, -0.15) is 0 Å². The Bertz CT molecular complexity index is 718. The summed E-state index contributed by atoms with van der Waals surface area (Å²) in [6.07, 6.45) is 2.82. The molecule has 1 aromatic carbocycles. The van der Waals surface area contributed by atoms with Gasteiger partial charge in [-0.15, -0.1) is 0 Å². The zero-order valence-corrected chi connectivity index (χ0v) is 12.8. The summed E-state index contributed by atoms with van der Waals surface area (Å²) < 4.78 is 10.5. The SMILES string of the molecule is CCCCc1cc(=O)oc2cc(OCC(C)=O)c(Cl)cc12. The van der Waals surface area contributed by atoms with Crippen LogP contribution in [-0.4, -0.2) is 12.4 Å². The molecule has 1 aromatic heterocycles. The average molecular weight is 309 g/mol. The highest BCUT2D eigenvalue weighted by Crippen LogP contribution is 2.31. The molecule has 0 fully saturated rings. The summed E-state index contributed by atoms with van der Waals surface area (Å²) in [5, 5.41) is 1.21. The summed E-state index contributed by atoms with van der Waals surface area (Å²) in [5.74, 6) is 0.236. The van der Waals surface area contributed by atoms with Gasteiger partial charge in [-0.25, -0.2) is 4.79 Å². The van der Waals surface area contributed by atoms with Crippen LogP contribution in [0.15, 0.2) is 27.4 Å². The minimum Gasteiger partial charge on any atom is -0.484 e. The number of ketones is 1. The highest BCUT2D eigenvalue weighted by molar-refractivity contribution is 6.32. The Labute approximate surface area is 127 Å². The zero-order valence-electron chi connectivity index (χ0n) is 12.1. The molecule has 0 aliphatic rings. The second kappa shape index (κ2) is 6.76. The van der Waals surface area contributed by atoms with Crippen molar-refractivity contribution in [3.63, 3.8) is 0 Å². The summed E-state index contributed by atoms with van der Waals surface area (Å²) in [4.78, 5) is 22.6. The lowest BCUT2D eigenvalue weighted by Gasteiger charge is -2.09. The van der Waals surface area contributed by atoms with E-state index in [1.165, 1.54) is 13.0 Å². The van der Waals surface area contributed by atoms with E-state index in [9.17, 15) is 9.59 Å². The Morgan fingerprint density at radius 3 is 2.76 bits per heavy atom. The summed E-state index contributed by atoms with van der Waals surface area (Å²) in [6, 6.07) is 4.79. The average Bonchev–Trinajstić information content (AvgIpc) is 2.43. The first-order valence-corrected chi connectivity index (χ1v) is 7.27. The lowest BCUT2D eigenvalue weighted by atomic mass is 10.0. The third-order valence-corrected chi connectivity index (χ3v) is 3.41. The molecule has 0 atom stereocenters. The molecule has 0 N–H and O–H groups in total. The molecule has 112 valence electrons. The predicted molar refractivity (Wildman–Crippen MR) is 82.3 cm³/mol. The Morgan fingerprint density at radius 2 is 2.10 bits per heavy atom. The number of benzene rings is 1. The van der Waals surface area contributed by atoms with Crippen LogP contribution < -0.4 is 10.4 Å². The molecule has 2 aromatic rings. The van der Waals surface area contributed by atoms with Gasteiger partial charge in [0.2, 0.25) is 0 Å². The number of halogens is 1. The van der Waals surface area contributed by atoms with E-state index >= 15 is 0 Å². The Morgan fingerprint density at radius 1 is 1.33 bits per heavy atom. The number of aryl methyl sites for hydroxylation is 1. The van der Waals surface area contributed by atoms with Crippen LogP contribution in [0.25, 0.3) is 11.0 Å². The van der Waals surface area contributed by atoms with E-state index in [1.807, 2.05) is 0 Å². The summed E-state index contributed by atoms with van der Waals surface area (Å²) >= 11 is 6.18. The van der Waals surface area contributed by atoms with Gasteiger partial charge in [0.1, 0.15) is 17.9 Å². The molecule has 0 aliphatic heterocycles. The molecule has 0 saturated heterocycles. The standard InChI is InChI=1S/C16H17ClO4/c1-3-4-5-11-6-16(19)21-14-8-15(20-9-10(2)18)13(17)7-12(11)14/h6-8H,3-5,9H2,1-2H3. The van der Waals surface area contributed by atoms with E-state index < -0.39 is 5.63 Å². The third-order valence-electron chi connectivity index (χ3n) is 3.11. The van der Waals surface area contributed by atoms with Crippen LogP contribution in [0.1, 0.15) is 32.3 Å². The Hall–Kier alpha value is -1.81. The molecule has 0 spiro atoms. The number of carbonyl (C=O) groups excluding carboxylic acids is 1. The van der Waals surface area contributed by atoms with E-state index in [4.69, 9.17) is 20.8 Å². The van der Waals surface area contributed by atoms with E-state index in [0.717, 1.165) is 30.2 Å². The maximum absolute atomic E-state index is 11.6. The van der Waals surface area contributed by atoms with Crippen molar-refractivity contribution in [2.75, 3.05) is 6.61 Å². The molecule has 4 nitrogen and oxygen atoms in total. The second-order valence-electron chi connectivity index (χ2n) is 4.96. The van der Waals surface area contributed by atoms with Crippen LogP contribution in [0.2, 0.25) is 5.02 Å². The number of hydrogen-bond donors (Lipinski definition) is 0. The van der Waals surface area contributed by atoms with Crippen molar-refractivity contribution in [3.05, 3.63) is 39.2 Å². The van der Waals surface area contributed by atoms with Gasteiger partial charge in [-0.1, -0.05) is 24.9 Å². The number of hydrogen-bond acceptors (Lipinski definition) is 4. The summed E-state index contributed by atoms with van der Waals surface area (Å²) in [7, 11) is 0. The van der Waals surface area contributed by atoms with E-state index in [2.05, 4.69) is 6.92 Å². The molecule has 0 aliphatic carbocycles. The minimum absolute atomic E-state index is 0.0645. The number of rotatable bonds is 6. The lowest BCUT2D eigenvalue weighted by molar-refractivity contribution is -0.118. The Balaban J connectivity index is 2.47. The Kier molecular flexibility index (Phi) is 5.02. The van der Waals surface area contributed by atoms with E-state index in [-0.39, 0.29) is 12.4 Å². The number of fused-ring (bicyclic) bond motifs is 1. The van der Waals surface area contributed by atoms with Gasteiger partial charge < -0.3 is 9.15 Å². The number of carbonyl (C=O) groups is 1. The molecule has 0 amide bonds.